The molecule has 1 fully saturated rings. The number of carbonyl (C=O) groups is 1. The van der Waals surface area contributed by atoms with Gasteiger partial charge in [0, 0.05) is 11.8 Å². The number of hydrogen-bond donors (Lipinski definition) is 1. The summed E-state index contributed by atoms with van der Waals surface area (Å²) in [4.78, 5) is 11.8. The lowest BCUT2D eigenvalue weighted by atomic mass is 10.2. The maximum absolute atomic E-state index is 11.8. The molecule has 1 aliphatic rings. The predicted molar refractivity (Wildman–Crippen MR) is 76.8 cm³/mol. The molecule has 1 atom stereocenters. The number of nitrogens with zero attached hydrogens (tertiary/aromatic N) is 1. The van der Waals surface area contributed by atoms with Gasteiger partial charge in [-0.25, -0.2) is 4.79 Å². The monoisotopic (exact) mass is 286 g/mol. The summed E-state index contributed by atoms with van der Waals surface area (Å²) in [6, 6.07) is 0. The Morgan fingerprint density at radius 3 is 3.11 bits per heavy atom. The van der Waals surface area contributed by atoms with E-state index in [1.165, 1.54) is 30.1 Å². The molecule has 0 amide bonds. The summed E-state index contributed by atoms with van der Waals surface area (Å²) in [5, 5.41) is 4.85. The van der Waals surface area contributed by atoms with E-state index in [1.54, 1.807) is 0 Å². The van der Waals surface area contributed by atoms with E-state index in [4.69, 9.17) is 4.74 Å². The second-order valence-electron chi connectivity index (χ2n) is 4.21. The van der Waals surface area contributed by atoms with Gasteiger partial charge in [0.25, 0.3) is 0 Å². The quantitative estimate of drug-likeness (QED) is 0.843. The van der Waals surface area contributed by atoms with Gasteiger partial charge < -0.3 is 10.1 Å². The Kier molecular flexibility index (Phi) is 4.88. The number of aromatic nitrogens is 1. The van der Waals surface area contributed by atoms with Crippen LogP contribution >= 0.6 is 23.3 Å². The van der Waals surface area contributed by atoms with Gasteiger partial charge in [0.15, 0.2) is 0 Å². The number of thioether (sulfide) groups is 1. The van der Waals surface area contributed by atoms with Crippen molar-refractivity contribution in [1.29, 1.82) is 0 Å². The first kappa shape index (κ1) is 13.7. The van der Waals surface area contributed by atoms with Gasteiger partial charge in [0.2, 0.25) is 0 Å². The van der Waals surface area contributed by atoms with Crippen molar-refractivity contribution in [2.24, 2.45) is 0 Å². The third kappa shape index (κ3) is 3.17. The molecule has 0 saturated carbocycles. The van der Waals surface area contributed by atoms with Gasteiger partial charge in [-0.1, -0.05) is 0 Å². The second-order valence-corrected chi connectivity index (χ2v) is 6.39. The fraction of sp³-hybridized carbons (Fsp3) is 0.667. The molecule has 6 heteroatoms. The van der Waals surface area contributed by atoms with Crippen molar-refractivity contribution in [3.63, 3.8) is 0 Å². The van der Waals surface area contributed by atoms with Crippen LogP contribution in [0.4, 0.5) is 5.00 Å². The summed E-state index contributed by atoms with van der Waals surface area (Å²) in [5.41, 5.74) is 1.35. The van der Waals surface area contributed by atoms with E-state index < -0.39 is 0 Å². The fourth-order valence-corrected chi connectivity index (χ4v) is 3.94. The minimum Gasteiger partial charge on any atom is -0.462 e. The molecule has 1 saturated heterocycles. The third-order valence-electron chi connectivity index (χ3n) is 2.86. The maximum Gasteiger partial charge on any atom is 0.343 e. The predicted octanol–water partition coefficient (Wildman–Crippen LogP) is 2.94. The van der Waals surface area contributed by atoms with Gasteiger partial charge in [-0.05, 0) is 44.0 Å². The van der Waals surface area contributed by atoms with Crippen molar-refractivity contribution < 1.29 is 9.53 Å². The number of carbonyl (C=O) groups excluding carboxylic acids is 1. The van der Waals surface area contributed by atoms with Crippen LogP contribution in [-0.4, -0.2) is 34.5 Å². The standard InChI is InChI=1S/C12H18N2O2S2/c1-3-16-12(15)10-8(2)14-18-11(10)13-7-9-5-4-6-17-9/h9,13H,3-7H2,1-2H3. The number of nitrogens with one attached hydrogen (secondary N) is 1. The second kappa shape index (κ2) is 6.43. The molecule has 2 rings (SSSR count). The molecule has 0 bridgehead atoms. The van der Waals surface area contributed by atoms with Crippen molar-refractivity contribution in [3.05, 3.63) is 11.3 Å². The average Bonchev–Trinajstić information content (AvgIpc) is 2.96. The van der Waals surface area contributed by atoms with Gasteiger partial charge in [-0.2, -0.15) is 16.1 Å². The molecule has 1 unspecified atom stereocenters. The lowest BCUT2D eigenvalue weighted by Crippen LogP contribution is -2.15. The summed E-state index contributed by atoms with van der Waals surface area (Å²) in [7, 11) is 0. The first-order valence-corrected chi connectivity index (χ1v) is 8.03. The van der Waals surface area contributed by atoms with E-state index in [9.17, 15) is 4.79 Å². The SMILES string of the molecule is CCOC(=O)c1c(C)nsc1NCC1CCCS1. The van der Waals surface area contributed by atoms with Gasteiger partial charge in [0.05, 0.1) is 12.3 Å². The van der Waals surface area contributed by atoms with E-state index in [0.29, 0.717) is 17.4 Å². The van der Waals surface area contributed by atoms with Crippen molar-refractivity contribution in [1.82, 2.24) is 4.37 Å². The van der Waals surface area contributed by atoms with Gasteiger partial charge >= 0.3 is 5.97 Å². The zero-order chi connectivity index (χ0) is 13.0. The number of hydrogen-bond acceptors (Lipinski definition) is 6. The van der Waals surface area contributed by atoms with Gasteiger partial charge in [0.1, 0.15) is 10.6 Å². The van der Waals surface area contributed by atoms with E-state index >= 15 is 0 Å². The number of ether oxygens (including phenoxy) is 1. The highest BCUT2D eigenvalue weighted by atomic mass is 32.2. The molecule has 0 radical (unpaired) electrons. The number of aryl methyl sites for hydroxylation is 1. The molecule has 1 aromatic heterocycles. The Morgan fingerprint density at radius 1 is 1.61 bits per heavy atom. The molecule has 0 spiro atoms. The van der Waals surface area contributed by atoms with E-state index in [0.717, 1.165) is 17.2 Å². The lowest BCUT2D eigenvalue weighted by molar-refractivity contribution is 0.0527. The van der Waals surface area contributed by atoms with Crippen molar-refractivity contribution >= 4 is 34.3 Å². The van der Waals surface area contributed by atoms with Crippen LogP contribution in [0.2, 0.25) is 0 Å². The molecular weight excluding hydrogens is 268 g/mol. The van der Waals surface area contributed by atoms with Crippen LogP contribution in [0, 0.1) is 6.92 Å². The number of anilines is 1. The highest BCUT2D eigenvalue weighted by molar-refractivity contribution is 8.00. The van der Waals surface area contributed by atoms with Crippen molar-refractivity contribution in [3.8, 4) is 0 Å². The molecule has 100 valence electrons. The van der Waals surface area contributed by atoms with E-state index in [1.807, 2.05) is 25.6 Å². The molecule has 0 aliphatic carbocycles. The first-order valence-electron chi connectivity index (χ1n) is 6.21. The number of rotatable bonds is 5. The van der Waals surface area contributed by atoms with Gasteiger partial charge in [-0.3, -0.25) is 0 Å². The third-order valence-corrected chi connectivity index (χ3v) is 5.15. The van der Waals surface area contributed by atoms with E-state index in [2.05, 4.69) is 9.69 Å². The molecular formula is C12H18N2O2S2. The van der Waals surface area contributed by atoms with Gasteiger partial charge in [-0.15, -0.1) is 0 Å². The molecule has 2 heterocycles. The molecule has 18 heavy (non-hydrogen) atoms. The molecule has 1 N–H and O–H groups in total. The van der Waals surface area contributed by atoms with Crippen LogP contribution in [0.3, 0.4) is 0 Å². The summed E-state index contributed by atoms with van der Waals surface area (Å²) in [5.74, 6) is 0.976. The zero-order valence-electron chi connectivity index (χ0n) is 10.7. The summed E-state index contributed by atoms with van der Waals surface area (Å²) in [6.07, 6.45) is 2.55. The average molecular weight is 286 g/mol. The summed E-state index contributed by atoms with van der Waals surface area (Å²) in [6.45, 7) is 4.96. The lowest BCUT2D eigenvalue weighted by Gasteiger charge is -2.10. The van der Waals surface area contributed by atoms with Crippen LogP contribution < -0.4 is 5.32 Å². The summed E-state index contributed by atoms with van der Waals surface area (Å²) >= 11 is 3.34. The van der Waals surface area contributed by atoms with Crippen LogP contribution in [0.25, 0.3) is 0 Å². The minimum atomic E-state index is -0.273. The van der Waals surface area contributed by atoms with E-state index in [-0.39, 0.29) is 5.97 Å². The van der Waals surface area contributed by atoms with Crippen LogP contribution in [0.1, 0.15) is 35.8 Å². The van der Waals surface area contributed by atoms with Crippen molar-refractivity contribution in [2.45, 2.75) is 31.9 Å². The molecule has 4 nitrogen and oxygen atoms in total. The molecule has 1 aromatic rings. The zero-order valence-corrected chi connectivity index (χ0v) is 12.3. The maximum atomic E-state index is 11.8. The normalized spacial score (nSPS) is 18.9. The largest absolute Gasteiger partial charge is 0.462 e. The number of esters is 1. The fourth-order valence-electron chi connectivity index (χ4n) is 1.95. The van der Waals surface area contributed by atoms with Crippen molar-refractivity contribution in [2.75, 3.05) is 24.2 Å². The van der Waals surface area contributed by atoms with Crippen LogP contribution in [0.15, 0.2) is 0 Å². The Morgan fingerprint density at radius 2 is 2.44 bits per heavy atom. The summed E-state index contributed by atoms with van der Waals surface area (Å²) < 4.78 is 9.30. The Labute approximate surface area is 116 Å². The molecule has 1 aliphatic heterocycles. The topological polar surface area (TPSA) is 51.2 Å². The first-order chi connectivity index (χ1) is 8.72. The Hall–Kier alpha value is -0.750. The smallest absolute Gasteiger partial charge is 0.343 e. The molecule has 0 aromatic carbocycles. The Balaban J connectivity index is 2.01. The highest BCUT2D eigenvalue weighted by Gasteiger charge is 2.21. The Bertz CT molecular complexity index is 414. The highest BCUT2D eigenvalue weighted by Crippen LogP contribution is 2.29. The van der Waals surface area contributed by atoms with Crippen LogP contribution in [-0.2, 0) is 4.74 Å². The van der Waals surface area contributed by atoms with Crippen LogP contribution in [0.5, 0.6) is 0 Å². The minimum absolute atomic E-state index is 0.273.